The number of likely N-dealkylation sites (tertiary alicyclic amines) is 1. The van der Waals surface area contributed by atoms with Crippen molar-refractivity contribution in [3.8, 4) is 11.3 Å². The van der Waals surface area contributed by atoms with Gasteiger partial charge in [0, 0.05) is 43.6 Å². The minimum Gasteiger partial charge on any atom is -0.384 e. The van der Waals surface area contributed by atoms with Crippen LogP contribution in [0.2, 0.25) is 0 Å². The van der Waals surface area contributed by atoms with Crippen molar-refractivity contribution in [2.24, 2.45) is 5.92 Å². The van der Waals surface area contributed by atoms with Crippen LogP contribution in [0.4, 0.5) is 16.3 Å². The summed E-state index contributed by atoms with van der Waals surface area (Å²) in [6.45, 7) is 8.92. The molecule has 3 amide bonds. The molecule has 0 aliphatic carbocycles. The molecule has 10 heteroatoms. The van der Waals surface area contributed by atoms with Crippen LogP contribution in [0, 0.1) is 5.92 Å². The number of carbonyl (C=O) groups is 2. The van der Waals surface area contributed by atoms with Gasteiger partial charge < -0.3 is 26.6 Å². The molecule has 3 heterocycles. The maximum atomic E-state index is 13.0. The van der Waals surface area contributed by atoms with E-state index in [9.17, 15) is 9.59 Å². The molecule has 0 saturated carbocycles. The van der Waals surface area contributed by atoms with E-state index in [2.05, 4.69) is 39.7 Å². The zero-order valence-electron chi connectivity index (χ0n) is 22.2. The molecule has 0 radical (unpaired) electrons. The number of carbonyl (C=O) groups excluding carboxylic acids is 2. The van der Waals surface area contributed by atoms with Gasteiger partial charge in [-0.3, -0.25) is 9.48 Å². The maximum absolute atomic E-state index is 13.0. The van der Waals surface area contributed by atoms with Crippen molar-refractivity contribution in [3.63, 3.8) is 0 Å². The van der Waals surface area contributed by atoms with Gasteiger partial charge in [-0.2, -0.15) is 5.10 Å². The molecule has 0 bridgehead atoms. The van der Waals surface area contributed by atoms with Crippen LogP contribution in [-0.2, 0) is 13.1 Å². The number of amides is 3. The summed E-state index contributed by atoms with van der Waals surface area (Å²) in [5, 5.41) is 13.4. The molecule has 1 aromatic carbocycles. The largest absolute Gasteiger partial charge is 0.384 e. The number of pyridine rings is 1. The van der Waals surface area contributed by atoms with Crippen molar-refractivity contribution in [2.45, 2.75) is 46.2 Å². The van der Waals surface area contributed by atoms with Crippen molar-refractivity contribution in [3.05, 3.63) is 59.9 Å². The van der Waals surface area contributed by atoms with Crippen molar-refractivity contribution in [2.75, 3.05) is 37.2 Å². The number of benzene rings is 1. The number of piperidine rings is 1. The van der Waals surface area contributed by atoms with Crippen LogP contribution in [0.15, 0.2) is 48.7 Å². The van der Waals surface area contributed by atoms with E-state index >= 15 is 0 Å². The summed E-state index contributed by atoms with van der Waals surface area (Å²) in [6.07, 6.45) is 5.40. The van der Waals surface area contributed by atoms with Crippen molar-refractivity contribution >= 4 is 23.4 Å². The fourth-order valence-corrected chi connectivity index (χ4v) is 4.45. The highest BCUT2D eigenvalue weighted by Crippen LogP contribution is 2.22. The molecule has 38 heavy (non-hydrogen) atoms. The number of rotatable bonds is 10. The number of aromatic nitrogens is 3. The molecule has 2 aromatic heterocycles. The van der Waals surface area contributed by atoms with Gasteiger partial charge in [0.1, 0.15) is 11.5 Å². The summed E-state index contributed by atoms with van der Waals surface area (Å²) in [5.74, 6) is 0.678. The average Bonchev–Trinajstić information content (AvgIpc) is 3.32. The van der Waals surface area contributed by atoms with Gasteiger partial charge in [0.15, 0.2) is 0 Å². The molecule has 0 unspecified atom stereocenters. The second kappa shape index (κ2) is 13.0. The molecule has 5 N–H and O–H groups in total. The lowest BCUT2D eigenvalue weighted by Crippen LogP contribution is -2.38. The van der Waals surface area contributed by atoms with E-state index in [4.69, 9.17) is 10.8 Å². The molecule has 10 nitrogen and oxygen atoms in total. The number of nitrogens with zero attached hydrogens (tertiary/aromatic N) is 4. The average molecular weight is 519 g/mol. The highest BCUT2D eigenvalue weighted by Gasteiger charge is 2.18. The minimum absolute atomic E-state index is 0.104. The highest BCUT2D eigenvalue weighted by atomic mass is 16.2. The first-order chi connectivity index (χ1) is 18.4. The molecule has 1 saturated heterocycles. The van der Waals surface area contributed by atoms with E-state index in [1.54, 1.807) is 16.9 Å². The topological polar surface area (TPSA) is 130 Å². The monoisotopic (exact) mass is 518 g/mol. The van der Waals surface area contributed by atoms with Crippen LogP contribution in [0.3, 0.4) is 0 Å². The summed E-state index contributed by atoms with van der Waals surface area (Å²) in [6, 6.07) is 12.5. The van der Waals surface area contributed by atoms with Crippen molar-refractivity contribution < 1.29 is 9.59 Å². The van der Waals surface area contributed by atoms with E-state index in [1.165, 1.54) is 19.3 Å². The van der Waals surface area contributed by atoms with Crippen LogP contribution in [0.1, 0.15) is 49.2 Å². The fourth-order valence-electron chi connectivity index (χ4n) is 4.45. The van der Waals surface area contributed by atoms with E-state index in [0.29, 0.717) is 42.8 Å². The molecule has 4 rings (SSSR count). The number of nitrogens with one attached hydrogen (secondary N) is 3. The molecule has 1 fully saturated rings. The molecule has 3 aromatic rings. The number of nitrogens with two attached hydrogens (primary N) is 1. The van der Waals surface area contributed by atoms with E-state index in [1.807, 2.05) is 36.4 Å². The number of hydrogen-bond donors (Lipinski definition) is 4. The lowest BCUT2D eigenvalue weighted by molar-refractivity contribution is 0.0934. The lowest BCUT2D eigenvalue weighted by Gasteiger charge is -2.26. The first-order valence-corrected chi connectivity index (χ1v) is 13.3. The summed E-state index contributed by atoms with van der Waals surface area (Å²) < 4.78 is 1.79. The predicted molar refractivity (Wildman–Crippen MR) is 150 cm³/mol. The Kier molecular flexibility index (Phi) is 9.31. The van der Waals surface area contributed by atoms with Crippen molar-refractivity contribution in [1.82, 2.24) is 30.3 Å². The molecular weight excluding hydrogens is 480 g/mol. The second-order valence-electron chi connectivity index (χ2n) is 10.1. The van der Waals surface area contributed by atoms with Gasteiger partial charge in [0.25, 0.3) is 5.91 Å². The zero-order valence-corrected chi connectivity index (χ0v) is 22.2. The molecule has 1 aliphatic rings. The molecular formula is C28H38N8O2. The summed E-state index contributed by atoms with van der Waals surface area (Å²) in [4.78, 5) is 31.8. The SMILES string of the molecule is CC(C)Cn1nc(-c2ccc(NC(=O)NCc3ccc(N)nc3)cc2)cc1C(=O)NCCN1CCCCC1. The van der Waals surface area contributed by atoms with Gasteiger partial charge in [-0.15, -0.1) is 0 Å². The van der Waals surface area contributed by atoms with Gasteiger partial charge in [-0.25, -0.2) is 9.78 Å². The lowest BCUT2D eigenvalue weighted by atomic mass is 10.1. The third-order valence-corrected chi connectivity index (χ3v) is 6.45. The fraction of sp³-hybridized carbons (Fsp3) is 0.429. The van der Waals surface area contributed by atoms with E-state index < -0.39 is 0 Å². The maximum Gasteiger partial charge on any atom is 0.319 e. The molecule has 1 aliphatic heterocycles. The first kappa shape index (κ1) is 27.1. The summed E-state index contributed by atoms with van der Waals surface area (Å²) >= 11 is 0. The van der Waals surface area contributed by atoms with E-state index in [-0.39, 0.29) is 11.9 Å². The van der Waals surface area contributed by atoms with Crippen LogP contribution >= 0.6 is 0 Å². The highest BCUT2D eigenvalue weighted by molar-refractivity contribution is 5.94. The Hall–Kier alpha value is -3.92. The van der Waals surface area contributed by atoms with Gasteiger partial charge in [0.2, 0.25) is 0 Å². The van der Waals surface area contributed by atoms with Crippen LogP contribution in [-0.4, -0.2) is 57.8 Å². The first-order valence-electron chi connectivity index (χ1n) is 13.3. The van der Waals surface area contributed by atoms with Gasteiger partial charge in [-0.1, -0.05) is 38.5 Å². The molecule has 0 atom stereocenters. The van der Waals surface area contributed by atoms with Gasteiger partial charge in [0.05, 0.1) is 5.69 Å². The Morgan fingerprint density at radius 3 is 2.47 bits per heavy atom. The number of hydrogen-bond acceptors (Lipinski definition) is 6. The van der Waals surface area contributed by atoms with E-state index in [0.717, 1.165) is 36.5 Å². The Morgan fingerprint density at radius 2 is 1.79 bits per heavy atom. The third kappa shape index (κ3) is 7.79. The molecule has 0 spiro atoms. The Morgan fingerprint density at radius 1 is 1.03 bits per heavy atom. The number of nitrogen functional groups attached to an aromatic ring is 1. The Bertz CT molecular complexity index is 1200. The smallest absolute Gasteiger partial charge is 0.319 e. The minimum atomic E-state index is -0.320. The standard InChI is InChI=1S/C28H38N8O2/c1-20(2)19-36-25(27(37)30-12-15-35-13-4-3-5-14-35)16-24(34-36)22-7-9-23(10-8-22)33-28(38)32-18-21-6-11-26(29)31-17-21/h6-11,16-17,20H,3-5,12-15,18-19H2,1-2H3,(H2,29,31)(H,30,37)(H2,32,33,38). The molecule has 202 valence electrons. The normalized spacial score (nSPS) is 13.9. The van der Waals surface area contributed by atoms with Gasteiger partial charge in [-0.05, 0) is 61.7 Å². The van der Waals surface area contributed by atoms with Gasteiger partial charge >= 0.3 is 6.03 Å². The van der Waals surface area contributed by atoms with Crippen LogP contribution < -0.4 is 21.7 Å². The van der Waals surface area contributed by atoms with Crippen molar-refractivity contribution in [1.29, 1.82) is 0 Å². The Labute approximate surface area is 224 Å². The second-order valence-corrected chi connectivity index (χ2v) is 10.1. The zero-order chi connectivity index (χ0) is 26.9. The third-order valence-electron chi connectivity index (χ3n) is 6.45. The Balaban J connectivity index is 1.35. The summed E-state index contributed by atoms with van der Waals surface area (Å²) in [7, 11) is 0. The summed E-state index contributed by atoms with van der Waals surface area (Å²) in [5.41, 5.74) is 9.25. The predicted octanol–water partition coefficient (Wildman–Crippen LogP) is 3.72. The van der Waals surface area contributed by atoms with Crippen LogP contribution in [0.5, 0.6) is 0 Å². The number of urea groups is 1. The van der Waals surface area contributed by atoms with Crippen LogP contribution in [0.25, 0.3) is 11.3 Å². The quantitative estimate of drug-likeness (QED) is 0.324. The number of anilines is 2.